The molecule has 0 saturated carbocycles. The fourth-order valence-corrected chi connectivity index (χ4v) is 2.36. The highest BCUT2D eigenvalue weighted by atomic mass is 35.5. The summed E-state index contributed by atoms with van der Waals surface area (Å²) < 4.78 is 19.7. The van der Waals surface area contributed by atoms with Crippen LogP contribution >= 0.6 is 11.6 Å². The van der Waals surface area contributed by atoms with Crippen LogP contribution < -0.4 is 11.2 Å². The van der Waals surface area contributed by atoms with Gasteiger partial charge in [0.1, 0.15) is 17.4 Å². The minimum absolute atomic E-state index is 0.0579. The Kier molecular flexibility index (Phi) is 5.09. The van der Waals surface area contributed by atoms with Crippen LogP contribution in [0, 0.1) is 24.1 Å². The largest absolute Gasteiger partial charge is 0.459 e. The van der Waals surface area contributed by atoms with Crippen molar-refractivity contribution >= 4 is 17.6 Å². The Morgan fingerprint density at radius 2 is 2.04 bits per heavy atom. The van der Waals surface area contributed by atoms with Crippen molar-refractivity contribution in [2.75, 3.05) is 0 Å². The van der Waals surface area contributed by atoms with E-state index in [1.54, 1.807) is 19.9 Å². The zero-order valence-corrected chi connectivity index (χ0v) is 14.3. The summed E-state index contributed by atoms with van der Waals surface area (Å²) in [6.07, 6.45) is -0.451. The maximum atomic E-state index is 14.3. The van der Waals surface area contributed by atoms with Gasteiger partial charge in [-0.2, -0.15) is 5.26 Å². The molecule has 7 nitrogen and oxygen atoms in total. The van der Waals surface area contributed by atoms with Gasteiger partial charge in [0.15, 0.2) is 0 Å². The van der Waals surface area contributed by atoms with E-state index < -0.39 is 34.8 Å². The number of hydrogen-bond donors (Lipinski definition) is 1. The lowest BCUT2D eigenvalue weighted by Crippen LogP contribution is -2.37. The number of benzene rings is 1. The van der Waals surface area contributed by atoms with Crippen molar-refractivity contribution in [3.8, 4) is 11.8 Å². The van der Waals surface area contributed by atoms with E-state index in [1.807, 2.05) is 0 Å². The van der Waals surface area contributed by atoms with Crippen molar-refractivity contribution < 1.29 is 13.9 Å². The number of aromatic nitrogens is 2. The lowest BCUT2D eigenvalue weighted by Gasteiger charge is -2.12. The molecule has 1 aromatic carbocycles. The Bertz CT molecular complexity index is 1020. The summed E-state index contributed by atoms with van der Waals surface area (Å²) in [5.74, 6) is -1.84. The summed E-state index contributed by atoms with van der Waals surface area (Å²) in [7, 11) is 0. The third-order valence-corrected chi connectivity index (χ3v) is 3.55. The third-order valence-electron chi connectivity index (χ3n) is 3.24. The van der Waals surface area contributed by atoms with E-state index in [9.17, 15) is 18.8 Å². The molecule has 0 atom stereocenters. The molecule has 0 bridgehead atoms. The molecule has 9 heteroatoms. The molecule has 0 aliphatic carbocycles. The molecule has 0 spiro atoms. The van der Waals surface area contributed by atoms with Crippen molar-refractivity contribution in [1.29, 1.82) is 5.26 Å². The van der Waals surface area contributed by atoms with Gasteiger partial charge in [-0.15, -0.1) is 0 Å². The molecular formula is C16H13ClFN3O4. The molecule has 0 aliphatic heterocycles. The zero-order valence-electron chi connectivity index (χ0n) is 13.5. The Balaban J connectivity index is 2.78. The van der Waals surface area contributed by atoms with E-state index in [2.05, 4.69) is 4.98 Å². The zero-order chi connectivity index (χ0) is 18.9. The van der Waals surface area contributed by atoms with Crippen molar-refractivity contribution in [3.63, 3.8) is 0 Å². The number of H-pyrrole nitrogens is 1. The second-order valence-electron chi connectivity index (χ2n) is 5.42. The van der Waals surface area contributed by atoms with Gasteiger partial charge in [-0.05, 0) is 32.9 Å². The maximum absolute atomic E-state index is 14.3. The number of halogens is 2. The molecule has 130 valence electrons. The molecule has 0 amide bonds. The fourth-order valence-electron chi connectivity index (χ4n) is 2.14. The van der Waals surface area contributed by atoms with Gasteiger partial charge < -0.3 is 9.72 Å². The number of nitrogens with zero attached hydrogens (tertiary/aromatic N) is 2. The minimum Gasteiger partial charge on any atom is -0.459 e. The van der Waals surface area contributed by atoms with E-state index >= 15 is 0 Å². The van der Waals surface area contributed by atoms with Crippen molar-refractivity contribution in [2.45, 2.75) is 26.9 Å². The standard InChI is InChI=1S/C16H13ClFN3O4/c1-7(2)25-15(23)9-4-13(12(18)5-11(9)17)21-14(22)10(6-19)8(3)20-16(21)24/h4-5,7H,1-3H3,(H,20,24). The van der Waals surface area contributed by atoms with E-state index in [0.717, 1.165) is 12.1 Å². The number of aromatic amines is 1. The molecule has 1 heterocycles. The molecule has 1 aromatic heterocycles. The quantitative estimate of drug-likeness (QED) is 0.838. The molecule has 0 radical (unpaired) electrons. The lowest BCUT2D eigenvalue weighted by atomic mass is 10.1. The Hall–Kier alpha value is -2.92. The Morgan fingerprint density at radius 1 is 1.40 bits per heavy atom. The predicted octanol–water partition coefficient (Wildman–Crippen LogP) is 2.06. The van der Waals surface area contributed by atoms with Crippen LogP contribution in [0.3, 0.4) is 0 Å². The highest BCUT2D eigenvalue weighted by Gasteiger charge is 2.21. The fraction of sp³-hybridized carbons (Fsp3) is 0.250. The smallest absolute Gasteiger partial charge is 0.339 e. The van der Waals surface area contributed by atoms with Crippen LogP contribution in [0.5, 0.6) is 0 Å². The second-order valence-corrected chi connectivity index (χ2v) is 5.83. The lowest BCUT2D eigenvalue weighted by molar-refractivity contribution is 0.0378. The van der Waals surface area contributed by atoms with Gasteiger partial charge in [-0.3, -0.25) is 4.79 Å². The van der Waals surface area contributed by atoms with E-state index in [4.69, 9.17) is 21.6 Å². The SMILES string of the molecule is Cc1[nH]c(=O)n(-c2cc(C(=O)OC(C)C)c(Cl)cc2F)c(=O)c1C#N. The normalized spacial score (nSPS) is 10.6. The first kappa shape index (κ1) is 18.4. The van der Waals surface area contributed by atoms with Gasteiger partial charge in [0.2, 0.25) is 0 Å². The topological polar surface area (TPSA) is 105 Å². The minimum atomic E-state index is -1.01. The summed E-state index contributed by atoms with van der Waals surface area (Å²) in [5, 5.41) is 8.81. The summed E-state index contributed by atoms with van der Waals surface area (Å²) in [6, 6.07) is 3.39. The predicted molar refractivity (Wildman–Crippen MR) is 87.6 cm³/mol. The van der Waals surface area contributed by atoms with Crippen molar-refractivity contribution in [3.05, 3.63) is 60.6 Å². The third kappa shape index (κ3) is 3.46. The molecule has 1 N–H and O–H groups in total. The average Bonchev–Trinajstić information content (AvgIpc) is 2.48. The molecule has 25 heavy (non-hydrogen) atoms. The van der Waals surface area contributed by atoms with E-state index in [1.165, 1.54) is 6.92 Å². The number of nitrogens with one attached hydrogen (secondary N) is 1. The van der Waals surface area contributed by atoms with Gasteiger partial charge in [0.05, 0.1) is 22.4 Å². The van der Waals surface area contributed by atoms with Crippen molar-refractivity contribution in [2.24, 2.45) is 0 Å². The van der Waals surface area contributed by atoms with Crippen LogP contribution in [0.2, 0.25) is 5.02 Å². The van der Waals surface area contributed by atoms with Gasteiger partial charge in [-0.1, -0.05) is 11.6 Å². The van der Waals surface area contributed by atoms with Crippen LogP contribution in [0.1, 0.15) is 35.5 Å². The molecule has 0 aliphatic rings. The van der Waals surface area contributed by atoms with Crippen LogP contribution in [0.15, 0.2) is 21.7 Å². The number of aryl methyl sites for hydroxylation is 1. The molecule has 0 unspecified atom stereocenters. The Morgan fingerprint density at radius 3 is 2.60 bits per heavy atom. The number of ether oxygens (including phenoxy) is 1. The van der Waals surface area contributed by atoms with Gasteiger partial charge in [0, 0.05) is 5.69 Å². The first-order chi connectivity index (χ1) is 11.7. The second kappa shape index (κ2) is 6.91. The van der Waals surface area contributed by atoms with Gasteiger partial charge >= 0.3 is 11.7 Å². The number of carbonyl (C=O) groups is 1. The average molecular weight is 366 g/mol. The number of hydrogen-bond acceptors (Lipinski definition) is 5. The Labute approximate surface area is 146 Å². The number of nitriles is 1. The molecule has 0 saturated heterocycles. The number of esters is 1. The van der Waals surface area contributed by atoms with Crippen molar-refractivity contribution in [1.82, 2.24) is 9.55 Å². The van der Waals surface area contributed by atoms with Crippen LogP contribution in [0.25, 0.3) is 5.69 Å². The van der Waals surface area contributed by atoms with E-state index in [0.29, 0.717) is 4.57 Å². The van der Waals surface area contributed by atoms with Crippen LogP contribution in [0.4, 0.5) is 4.39 Å². The van der Waals surface area contributed by atoms with Crippen LogP contribution in [-0.2, 0) is 4.74 Å². The maximum Gasteiger partial charge on any atom is 0.339 e. The van der Waals surface area contributed by atoms with Gasteiger partial charge in [0.25, 0.3) is 5.56 Å². The first-order valence-corrected chi connectivity index (χ1v) is 7.51. The summed E-state index contributed by atoms with van der Waals surface area (Å²) in [5.41, 5.74) is -2.97. The monoisotopic (exact) mass is 365 g/mol. The van der Waals surface area contributed by atoms with Crippen LogP contribution in [-0.4, -0.2) is 21.6 Å². The summed E-state index contributed by atoms with van der Waals surface area (Å²) in [4.78, 5) is 38.8. The number of rotatable bonds is 3. The molecule has 0 fully saturated rings. The summed E-state index contributed by atoms with van der Waals surface area (Å²) in [6.45, 7) is 4.60. The first-order valence-electron chi connectivity index (χ1n) is 7.13. The molecule has 2 aromatic rings. The van der Waals surface area contributed by atoms with Gasteiger partial charge in [-0.25, -0.2) is 18.5 Å². The number of carbonyl (C=O) groups excluding carboxylic acids is 1. The van der Waals surface area contributed by atoms with E-state index in [-0.39, 0.29) is 21.8 Å². The highest BCUT2D eigenvalue weighted by molar-refractivity contribution is 6.33. The molecule has 2 rings (SSSR count). The summed E-state index contributed by atoms with van der Waals surface area (Å²) >= 11 is 5.86. The highest BCUT2D eigenvalue weighted by Crippen LogP contribution is 2.23. The molecular weight excluding hydrogens is 353 g/mol.